The number of fused-ring (bicyclic) bond motifs is 1. The molecule has 0 radical (unpaired) electrons. The molecule has 1 N–H and O–H groups in total. The minimum Gasteiger partial charge on any atom is -0.325 e. The van der Waals surface area contributed by atoms with E-state index in [0.29, 0.717) is 0 Å². The molecule has 1 aliphatic heterocycles. The van der Waals surface area contributed by atoms with E-state index in [9.17, 15) is 4.79 Å². The summed E-state index contributed by atoms with van der Waals surface area (Å²) >= 11 is 1.85. The second-order valence-corrected chi connectivity index (χ2v) is 6.60. The number of aryl methyl sites for hydroxylation is 1. The Bertz CT molecular complexity index is 477. The molecule has 3 heteroatoms. The number of benzene rings is 1. The van der Waals surface area contributed by atoms with Gasteiger partial charge >= 0.3 is 0 Å². The average Bonchev–Trinajstić information content (AvgIpc) is 2.51. The van der Waals surface area contributed by atoms with Crippen molar-refractivity contribution in [2.75, 3.05) is 11.1 Å². The van der Waals surface area contributed by atoms with Crippen molar-refractivity contribution in [2.45, 2.75) is 43.9 Å². The Balaban J connectivity index is 1.92. The van der Waals surface area contributed by atoms with E-state index in [1.54, 1.807) is 0 Å². The fourth-order valence-electron chi connectivity index (χ4n) is 2.99. The topological polar surface area (TPSA) is 29.1 Å². The van der Waals surface area contributed by atoms with Crippen LogP contribution in [0.25, 0.3) is 0 Å². The maximum atomic E-state index is 12.5. The van der Waals surface area contributed by atoms with Gasteiger partial charge in [-0.1, -0.05) is 25.3 Å². The number of anilines is 1. The number of nitrogens with one attached hydrogen (secondary N) is 1. The Hall–Kier alpha value is -0.960. The first-order chi connectivity index (χ1) is 8.70. The molecule has 1 amide bonds. The molecule has 1 fully saturated rings. The van der Waals surface area contributed by atoms with Crippen LogP contribution in [0.2, 0.25) is 0 Å². The molecule has 1 aromatic carbocycles. The summed E-state index contributed by atoms with van der Waals surface area (Å²) < 4.78 is 0. The molecule has 1 spiro atoms. The normalized spacial score (nSPS) is 22.2. The van der Waals surface area contributed by atoms with Crippen LogP contribution in [0, 0.1) is 12.3 Å². The van der Waals surface area contributed by atoms with Crippen LogP contribution in [0.4, 0.5) is 5.69 Å². The van der Waals surface area contributed by atoms with E-state index in [4.69, 9.17) is 0 Å². The van der Waals surface area contributed by atoms with E-state index in [1.807, 2.05) is 17.8 Å². The van der Waals surface area contributed by atoms with Crippen molar-refractivity contribution >= 4 is 23.4 Å². The van der Waals surface area contributed by atoms with Crippen molar-refractivity contribution in [3.8, 4) is 0 Å². The first-order valence-corrected chi connectivity index (χ1v) is 7.73. The lowest BCUT2D eigenvalue weighted by Gasteiger charge is -2.33. The van der Waals surface area contributed by atoms with Crippen LogP contribution < -0.4 is 5.32 Å². The molecule has 2 nitrogen and oxygen atoms in total. The number of rotatable bonds is 0. The SMILES string of the molecule is Cc1ccc2c(c1)SCC1(CCCCC1)C(=O)N2. The molecule has 2 aliphatic rings. The van der Waals surface area contributed by atoms with Gasteiger partial charge < -0.3 is 5.32 Å². The largest absolute Gasteiger partial charge is 0.325 e. The Labute approximate surface area is 113 Å². The minimum atomic E-state index is -0.115. The van der Waals surface area contributed by atoms with Crippen molar-refractivity contribution in [3.05, 3.63) is 23.8 Å². The van der Waals surface area contributed by atoms with Gasteiger partial charge in [0.2, 0.25) is 5.91 Å². The highest BCUT2D eigenvalue weighted by Gasteiger charge is 2.41. The van der Waals surface area contributed by atoms with E-state index in [2.05, 4.69) is 24.4 Å². The van der Waals surface area contributed by atoms with E-state index in [0.717, 1.165) is 24.3 Å². The predicted molar refractivity (Wildman–Crippen MR) is 76.1 cm³/mol. The predicted octanol–water partition coefficient (Wildman–Crippen LogP) is 3.99. The fraction of sp³-hybridized carbons (Fsp3) is 0.533. The zero-order valence-electron chi connectivity index (χ0n) is 10.8. The van der Waals surface area contributed by atoms with Gasteiger partial charge in [0.05, 0.1) is 11.1 Å². The van der Waals surface area contributed by atoms with Crippen molar-refractivity contribution in [1.29, 1.82) is 0 Å². The zero-order chi connectivity index (χ0) is 12.6. The van der Waals surface area contributed by atoms with E-state index in [-0.39, 0.29) is 11.3 Å². The molecule has 0 saturated heterocycles. The van der Waals surface area contributed by atoms with Gasteiger partial charge in [-0.2, -0.15) is 0 Å². The van der Waals surface area contributed by atoms with Gasteiger partial charge in [-0.25, -0.2) is 0 Å². The average molecular weight is 261 g/mol. The van der Waals surface area contributed by atoms with Crippen molar-refractivity contribution in [2.24, 2.45) is 5.41 Å². The quantitative estimate of drug-likeness (QED) is 0.765. The summed E-state index contributed by atoms with van der Waals surface area (Å²) in [5.41, 5.74) is 2.14. The number of hydrogen-bond acceptors (Lipinski definition) is 2. The highest BCUT2D eigenvalue weighted by atomic mass is 32.2. The third-order valence-electron chi connectivity index (χ3n) is 4.18. The highest BCUT2D eigenvalue weighted by molar-refractivity contribution is 7.99. The van der Waals surface area contributed by atoms with Crippen molar-refractivity contribution in [1.82, 2.24) is 0 Å². The van der Waals surface area contributed by atoms with Crippen molar-refractivity contribution in [3.63, 3.8) is 0 Å². The molecule has 0 atom stereocenters. The van der Waals surface area contributed by atoms with Crippen molar-refractivity contribution < 1.29 is 4.79 Å². The van der Waals surface area contributed by atoms with Crippen LogP contribution in [-0.4, -0.2) is 11.7 Å². The number of carbonyl (C=O) groups excluding carboxylic acids is 1. The second-order valence-electron chi connectivity index (χ2n) is 5.58. The standard InChI is InChI=1S/C15H19NOS/c1-11-5-6-12-13(9-11)18-10-15(14(17)16-12)7-3-2-4-8-15/h5-6,9H,2-4,7-8,10H2,1H3,(H,16,17). The molecule has 3 rings (SSSR count). The molecule has 0 unspecified atom stereocenters. The Morgan fingerprint density at radius 2 is 2.00 bits per heavy atom. The lowest BCUT2D eigenvalue weighted by atomic mass is 9.75. The van der Waals surface area contributed by atoms with Crippen LogP contribution >= 0.6 is 11.8 Å². The molecule has 1 aliphatic carbocycles. The van der Waals surface area contributed by atoms with E-state index >= 15 is 0 Å². The third kappa shape index (κ3) is 2.05. The number of hydrogen-bond donors (Lipinski definition) is 1. The fourth-order valence-corrected chi connectivity index (χ4v) is 4.38. The third-order valence-corrected chi connectivity index (χ3v) is 5.53. The number of amides is 1. The highest BCUT2D eigenvalue weighted by Crippen LogP contribution is 2.45. The smallest absolute Gasteiger partial charge is 0.231 e. The molecule has 18 heavy (non-hydrogen) atoms. The summed E-state index contributed by atoms with van der Waals surface area (Å²) in [6.07, 6.45) is 5.79. The molecule has 1 aromatic rings. The summed E-state index contributed by atoms with van der Waals surface area (Å²) in [4.78, 5) is 13.7. The Morgan fingerprint density at radius 1 is 1.22 bits per heavy atom. The second kappa shape index (κ2) is 4.61. The van der Waals surface area contributed by atoms with Crippen LogP contribution in [-0.2, 0) is 4.79 Å². The monoisotopic (exact) mass is 261 g/mol. The van der Waals surface area contributed by atoms with Gasteiger partial charge in [0.25, 0.3) is 0 Å². The molecule has 0 aromatic heterocycles. The lowest BCUT2D eigenvalue weighted by Crippen LogP contribution is -2.39. The van der Waals surface area contributed by atoms with E-state index < -0.39 is 0 Å². The minimum absolute atomic E-state index is 0.115. The van der Waals surface area contributed by atoms with Crippen LogP contribution in [0.5, 0.6) is 0 Å². The summed E-state index contributed by atoms with van der Waals surface area (Å²) in [5, 5.41) is 3.15. The molecule has 1 saturated carbocycles. The van der Waals surface area contributed by atoms with Crippen LogP contribution in [0.1, 0.15) is 37.7 Å². The van der Waals surface area contributed by atoms with Gasteiger partial charge in [-0.05, 0) is 37.5 Å². The number of thioether (sulfide) groups is 1. The Morgan fingerprint density at radius 3 is 2.78 bits per heavy atom. The first kappa shape index (κ1) is 12.1. The summed E-state index contributed by atoms with van der Waals surface area (Å²) in [6, 6.07) is 6.29. The van der Waals surface area contributed by atoms with Gasteiger partial charge in [0.15, 0.2) is 0 Å². The Kier molecular flexibility index (Phi) is 3.10. The molecule has 96 valence electrons. The van der Waals surface area contributed by atoms with Gasteiger partial charge in [0, 0.05) is 10.6 Å². The zero-order valence-corrected chi connectivity index (χ0v) is 11.6. The molecule has 1 heterocycles. The summed E-state index contributed by atoms with van der Waals surface area (Å²) in [7, 11) is 0. The summed E-state index contributed by atoms with van der Waals surface area (Å²) in [5.74, 6) is 1.19. The van der Waals surface area contributed by atoms with Crippen LogP contribution in [0.3, 0.4) is 0 Å². The summed E-state index contributed by atoms with van der Waals surface area (Å²) in [6.45, 7) is 2.10. The number of carbonyl (C=O) groups is 1. The van der Waals surface area contributed by atoms with Gasteiger partial charge in [-0.3, -0.25) is 4.79 Å². The van der Waals surface area contributed by atoms with Gasteiger partial charge in [-0.15, -0.1) is 11.8 Å². The maximum absolute atomic E-state index is 12.5. The molecular weight excluding hydrogens is 242 g/mol. The first-order valence-electron chi connectivity index (χ1n) is 6.75. The molecule has 0 bridgehead atoms. The van der Waals surface area contributed by atoms with Crippen LogP contribution in [0.15, 0.2) is 23.1 Å². The van der Waals surface area contributed by atoms with E-state index in [1.165, 1.54) is 29.7 Å². The van der Waals surface area contributed by atoms with Gasteiger partial charge in [0.1, 0.15) is 0 Å². The lowest BCUT2D eigenvalue weighted by molar-refractivity contribution is -0.126. The molecular formula is C15H19NOS. The maximum Gasteiger partial charge on any atom is 0.231 e.